The van der Waals surface area contributed by atoms with Gasteiger partial charge in [0.2, 0.25) is 0 Å². The van der Waals surface area contributed by atoms with Gasteiger partial charge in [0.25, 0.3) is 5.91 Å². The van der Waals surface area contributed by atoms with Crippen LogP contribution in [0, 0.1) is 11.7 Å². The summed E-state index contributed by atoms with van der Waals surface area (Å²) in [6, 6.07) is 11.1. The SMILES string of the molecule is CC(C)OC(=O)C(Sc1cc(NC(=O)c2ccccc2)c(F)cc1Cl)C(C)C. The largest absolute Gasteiger partial charge is 0.462 e. The monoisotopic (exact) mass is 423 g/mol. The van der Waals surface area contributed by atoms with Crippen LogP contribution in [-0.4, -0.2) is 23.2 Å². The Hall–Kier alpha value is -2.05. The van der Waals surface area contributed by atoms with E-state index in [0.29, 0.717) is 10.5 Å². The predicted octanol–water partition coefficient (Wildman–Crippen LogP) is 5.80. The maximum atomic E-state index is 14.3. The van der Waals surface area contributed by atoms with Gasteiger partial charge in [0, 0.05) is 10.5 Å². The highest BCUT2D eigenvalue weighted by Gasteiger charge is 2.27. The molecule has 0 saturated carbocycles. The lowest BCUT2D eigenvalue weighted by Gasteiger charge is -2.21. The second-order valence-electron chi connectivity index (χ2n) is 6.85. The molecular weight excluding hydrogens is 401 g/mol. The van der Waals surface area contributed by atoms with Crippen molar-refractivity contribution >= 4 is 40.9 Å². The van der Waals surface area contributed by atoms with Crippen LogP contribution in [0.3, 0.4) is 0 Å². The Morgan fingerprint density at radius 2 is 1.75 bits per heavy atom. The lowest BCUT2D eigenvalue weighted by Crippen LogP contribution is -2.27. The summed E-state index contributed by atoms with van der Waals surface area (Å²) in [5.74, 6) is -1.47. The van der Waals surface area contributed by atoms with Gasteiger partial charge in [0.1, 0.15) is 11.1 Å². The number of thioether (sulfide) groups is 1. The molecule has 2 rings (SSSR count). The number of halogens is 2. The van der Waals surface area contributed by atoms with Crippen molar-refractivity contribution in [2.24, 2.45) is 5.92 Å². The van der Waals surface area contributed by atoms with E-state index in [2.05, 4.69) is 5.32 Å². The fourth-order valence-electron chi connectivity index (χ4n) is 2.39. The molecule has 0 fully saturated rings. The molecule has 1 unspecified atom stereocenters. The van der Waals surface area contributed by atoms with E-state index in [1.165, 1.54) is 17.8 Å². The minimum Gasteiger partial charge on any atom is -0.462 e. The molecule has 1 amide bonds. The van der Waals surface area contributed by atoms with Crippen molar-refractivity contribution in [1.82, 2.24) is 0 Å². The third-order valence-electron chi connectivity index (χ3n) is 3.75. The molecule has 150 valence electrons. The van der Waals surface area contributed by atoms with Crippen molar-refractivity contribution in [3.63, 3.8) is 0 Å². The Morgan fingerprint density at radius 3 is 2.32 bits per heavy atom. The fraction of sp³-hybridized carbons (Fsp3) is 0.333. The number of hydrogen-bond acceptors (Lipinski definition) is 4. The third-order valence-corrected chi connectivity index (χ3v) is 5.76. The second-order valence-corrected chi connectivity index (χ2v) is 8.44. The number of benzene rings is 2. The molecular formula is C21H23ClFNO3S. The van der Waals surface area contributed by atoms with Crippen LogP contribution in [0.1, 0.15) is 38.1 Å². The smallest absolute Gasteiger partial charge is 0.319 e. The molecule has 7 heteroatoms. The number of amides is 1. The van der Waals surface area contributed by atoms with Crippen molar-refractivity contribution in [1.29, 1.82) is 0 Å². The van der Waals surface area contributed by atoms with Gasteiger partial charge >= 0.3 is 5.97 Å². The predicted molar refractivity (Wildman–Crippen MR) is 112 cm³/mol. The highest BCUT2D eigenvalue weighted by Crippen LogP contribution is 2.37. The minimum absolute atomic E-state index is 0.000450. The molecule has 1 atom stereocenters. The van der Waals surface area contributed by atoms with Crippen LogP contribution in [0.25, 0.3) is 0 Å². The van der Waals surface area contributed by atoms with Gasteiger partial charge < -0.3 is 10.1 Å². The first-order chi connectivity index (χ1) is 13.2. The van der Waals surface area contributed by atoms with Gasteiger partial charge in [-0.3, -0.25) is 9.59 Å². The molecule has 0 aliphatic rings. The number of anilines is 1. The second kappa shape index (κ2) is 9.94. The Morgan fingerprint density at radius 1 is 1.11 bits per heavy atom. The Labute approximate surface area is 173 Å². The first-order valence-corrected chi connectivity index (χ1v) is 10.2. The Kier molecular flexibility index (Phi) is 7.89. The molecule has 0 heterocycles. The number of carbonyl (C=O) groups excluding carboxylic acids is 2. The van der Waals surface area contributed by atoms with Crippen molar-refractivity contribution in [3.05, 3.63) is 58.9 Å². The fourth-order valence-corrected chi connectivity index (χ4v) is 3.73. The summed E-state index contributed by atoms with van der Waals surface area (Å²) in [4.78, 5) is 25.2. The van der Waals surface area contributed by atoms with Gasteiger partial charge in [0.15, 0.2) is 0 Å². The van der Waals surface area contributed by atoms with E-state index in [4.69, 9.17) is 16.3 Å². The van der Waals surface area contributed by atoms with Crippen LogP contribution >= 0.6 is 23.4 Å². The van der Waals surface area contributed by atoms with Crippen molar-refractivity contribution < 1.29 is 18.7 Å². The third kappa shape index (κ3) is 5.97. The minimum atomic E-state index is -0.649. The van der Waals surface area contributed by atoms with Gasteiger partial charge in [0.05, 0.1) is 16.8 Å². The summed E-state index contributed by atoms with van der Waals surface area (Å²) >= 11 is 7.38. The van der Waals surface area contributed by atoms with E-state index in [1.54, 1.807) is 44.2 Å². The van der Waals surface area contributed by atoms with E-state index < -0.39 is 17.0 Å². The average Bonchev–Trinajstić information content (AvgIpc) is 2.62. The van der Waals surface area contributed by atoms with Crippen LogP contribution in [0.5, 0.6) is 0 Å². The molecule has 0 radical (unpaired) electrons. The summed E-state index contributed by atoms with van der Waals surface area (Å²) < 4.78 is 19.6. The number of rotatable bonds is 7. The van der Waals surface area contributed by atoms with Crippen LogP contribution in [0.15, 0.2) is 47.4 Å². The number of hydrogen-bond donors (Lipinski definition) is 1. The topological polar surface area (TPSA) is 55.4 Å². The molecule has 0 bridgehead atoms. The summed E-state index contributed by atoms with van der Waals surface area (Å²) in [6.45, 7) is 7.35. The maximum Gasteiger partial charge on any atom is 0.319 e. The number of carbonyl (C=O) groups is 2. The Bertz CT molecular complexity index is 843. The molecule has 0 aliphatic heterocycles. The Balaban J connectivity index is 2.26. The van der Waals surface area contributed by atoms with E-state index in [0.717, 1.165) is 6.07 Å². The molecule has 0 spiro atoms. The molecule has 0 aliphatic carbocycles. The zero-order valence-electron chi connectivity index (χ0n) is 16.2. The quantitative estimate of drug-likeness (QED) is 0.451. The first-order valence-electron chi connectivity index (χ1n) is 8.91. The standard InChI is InChI=1S/C21H23ClFNO3S/c1-12(2)19(21(26)27-13(3)4)28-18-11-17(16(23)10-15(18)22)24-20(25)14-8-6-5-7-9-14/h5-13,19H,1-4H3,(H,24,25). The maximum absolute atomic E-state index is 14.3. The van der Waals surface area contributed by atoms with Gasteiger partial charge in [-0.1, -0.05) is 43.6 Å². The number of ether oxygens (including phenoxy) is 1. The summed E-state index contributed by atoms with van der Waals surface area (Å²) in [5, 5.41) is 2.21. The lowest BCUT2D eigenvalue weighted by molar-refractivity contribution is -0.147. The molecule has 4 nitrogen and oxygen atoms in total. The molecule has 1 N–H and O–H groups in total. The van der Waals surface area contributed by atoms with E-state index in [-0.39, 0.29) is 28.7 Å². The van der Waals surface area contributed by atoms with Gasteiger partial charge in [-0.25, -0.2) is 4.39 Å². The molecule has 28 heavy (non-hydrogen) atoms. The molecule has 2 aromatic carbocycles. The lowest BCUT2D eigenvalue weighted by atomic mass is 10.1. The van der Waals surface area contributed by atoms with E-state index >= 15 is 0 Å². The normalized spacial score (nSPS) is 12.1. The van der Waals surface area contributed by atoms with Crippen LogP contribution < -0.4 is 5.32 Å². The van der Waals surface area contributed by atoms with Crippen LogP contribution in [0.4, 0.5) is 10.1 Å². The van der Waals surface area contributed by atoms with E-state index in [9.17, 15) is 14.0 Å². The number of esters is 1. The first kappa shape index (κ1) is 22.2. The molecule has 2 aromatic rings. The zero-order chi connectivity index (χ0) is 20.8. The van der Waals surface area contributed by atoms with Crippen LogP contribution in [-0.2, 0) is 9.53 Å². The summed E-state index contributed by atoms with van der Waals surface area (Å²) in [6.07, 6.45) is -0.237. The van der Waals surface area contributed by atoms with Crippen LogP contribution in [0.2, 0.25) is 5.02 Å². The highest BCUT2D eigenvalue weighted by molar-refractivity contribution is 8.00. The van der Waals surface area contributed by atoms with Gasteiger partial charge in [-0.15, -0.1) is 11.8 Å². The summed E-state index contributed by atoms with van der Waals surface area (Å²) in [5.41, 5.74) is 0.409. The van der Waals surface area contributed by atoms with Crippen molar-refractivity contribution in [3.8, 4) is 0 Å². The summed E-state index contributed by atoms with van der Waals surface area (Å²) in [7, 11) is 0. The zero-order valence-corrected chi connectivity index (χ0v) is 17.7. The highest BCUT2D eigenvalue weighted by atomic mass is 35.5. The van der Waals surface area contributed by atoms with Gasteiger partial charge in [-0.05, 0) is 44.0 Å². The molecule has 0 saturated heterocycles. The molecule has 0 aromatic heterocycles. The van der Waals surface area contributed by atoms with Crippen molar-refractivity contribution in [2.75, 3.05) is 5.32 Å². The van der Waals surface area contributed by atoms with Gasteiger partial charge in [-0.2, -0.15) is 0 Å². The van der Waals surface area contributed by atoms with E-state index in [1.807, 2.05) is 13.8 Å². The van der Waals surface area contributed by atoms with Crippen molar-refractivity contribution in [2.45, 2.75) is 43.9 Å². The average molecular weight is 424 g/mol. The number of nitrogens with one attached hydrogen (secondary N) is 1.